The van der Waals surface area contributed by atoms with E-state index in [1.807, 2.05) is 0 Å². The first-order chi connectivity index (χ1) is 23.1. The molecule has 4 aliphatic heterocycles. The fraction of sp³-hybridized carbons (Fsp3) is 0.472. The molecule has 0 amide bonds. The van der Waals surface area contributed by atoms with Crippen LogP contribution in [0.1, 0.15) is 37.7 Å². The van der Waals surface area contributed by atoms with Crippen LogP contribution in [0.3, 0.4) is 0 Å². The first-order valence-electron chi connectivity index (χ1n) is 16.4. The summed E-state index contributed by atoms with van der Waals surface area (Å²) in [6.07, 6.45) is 10.3. The lowest BCUT2D eigenvalue weighted by Gasteiger charge is -2.47. The van der Waals surface area contributed by atoms with Gasteiger partial charge in [0.1, 0.15) is 41.4 Å². The van der Waals surface area contributed by atoms with Gasteiger partial charge in [-0.25, -0.2) is 13.2 Å². The second kappa shape index (κ2) is 11.5. The molecule has 4 aromatic rings. The number of fused-ring (bicyclic) bond motifs is 5. The maximum atomic E-state index is 17.0. The molecule has 250 valence electrons. The van der Waals surface area contributed by atoms with Crippen LogP contribution < -0.4 is 9.64 Å². The first-order valence-corrected chi connectivity index (χ1v) is 16.4. The summed E-state index contributed by atoms with van der Waals surface area (Å²) >= 11 is 0. The number of anilines is 1. The number of aromatic nitrogens is 3. The Hall–Kier alpha value is -4.18. The third-order valence-electron chi connectivity index (χ3n) is 11.2. The van der Waals surface area contributed by atoms with Crippen molar-refractivity contribution in [1.82, 2.24) is 24.8 Å². The van der Waals surface area contributed by atoms with Crippen molar-refractivity contribution in [2.24, 2.45) is 0 Å². The van der Waals surface area contributed by atoms with E-state index >= 15 is 4.39 Å². The summed E-state index contributed by atoms with van der Waals surface area (Å²) in [7, 11) is 3.81. The minimum atomic E-state index is -0.930. The molecule has 0 aliphatic carbocycles. The predicted octanol–water partition coefficient (Wildman–Crippen LogP) is 5.06. The molecular formula is C36H37F3N6O3. The Kier molecular flexibility index (Phi) is 7.43. The molecule has 4 saturated heterocycles. The summed E-state index contributed by atoms with van der Waals surface area (Å²) in [5, 5.41) is 11.7. The molecule has 4 fully saturated rings. The lowest BCUT2D eigenvalue weighted by Crippen LogP contribution is -2.62. The number of nitrogens with zero attached hydrogens (tertiary/aromatic N) is 6. The van der Waals surface area contributed by atoms with Gasteiger partial charge in [0, 0.05) is 56.4 Å². The lowest BCUT2D eigenvalue weighted by molar-refractivity contribution is 0.0286. The van der Waals surface area contributed by atoms with E-state index in [1.165, 1.54) is 30.5 Å². The fourth-order valence-corrected chi connectivity index (χ4v) is 8.84. The van der Waals surface area contributed by atoms with E-state index in [4.69, 9.17) is 20.9 Å². The molecule has 9 nitrogen and oxygen atoms in total. The maximum absolute atomic E-state index is 17.0. The van der Waals surface area contributed by atoms with Gasteiger partial charge in [-0.3, -0.25) is 14.8 Å². The van der Waals surface area contributed by atoms with Crippen LogP contribution in [-0.4, -0.2) is 107 Å². The van der Waals surface area contributed by atoms with E-state index in [-0.39, 0.29) is 57.7 Å². The van der Waals surface area contributed by atoms with Crippen LogP contribution in [-0.2, 0) is 4.74 Å². The van der Waals surface area contributed by atoms with Crippen molar-refractivity contribution in [2.75, 3.05) is 58.5 Å². The van der Waals surface area contributed by atoms with E-state index in [2.05, 4.69) is 37.6 Å². The monoisotopic (exact) mass is 658 g/mol. The zero-order valence-corrected chi connectivity index (χ0v) is 27.0. The van der Waals surface area contributed by atoms with Gasteiger partial charge < -0.3 is 19.5 Å². The number of pyridine rings is 1. The molecule has 12 heteroatoms. The number of hydrogen-bond donors (Lipinski definition) is 1. The highest BCUT2D eigenvalue weighted by Gasteiger charge is 2.51. The number of aromatic hydroxyl groups is 1. The van der Waals surface area contributed by atoms with Crippen LogP contribution in [0.2, 0.25) is 0 Å². The smallest absolute Gasteiger partial charge is 0.319 e. The number of likely N-dealkylation sites (N-methyl/N-ethyl adjacent to an activating group) is 1. The summed E-state index contributed by atoms with van der Waals surface area (Å²) in [6.45, 7) is 3.13. The quantitative estimate of drug-likeness (QED) is 0.274. The van der Waals surface area contributed by atoms with Crippen LogP contribution >= 0.6 is 0 Å². The summed E-state index contributed by atoms with van der Waals surface area (Å²) in [4.78, 5) is 20.7. The van der Waals surface area contributed by atoms with Crippen molar-refractivity contribution in [3.05, 3.63) is 47.7 Å². The van der Waals surface area contributed by atoms with E-state index in [0.29, 0.717) is 49.3 Å². The van der Waals surface area contributed by atoms with Gasteiger partial charge in [-0.15, -0.1) is 6.42 Å². The van der Waals surface area contributed by atoms with Gasteiger partial charge in [0.15, 0.2) is 5.82 Å². The molecule has 0 spiro atoms. The van der Waals surface area contributed by atoms with Crippen molar-refractivity contribution in [2.45, 2.75) is 55.4 Å². The minimum Gasteiger partial charge on any atom is -0.508 e. The van der Waals surface area contributed by atoms with Gasteiger partial charge >= 0.3 is 6.01 Å². The topological polar surface area (TPSA) is 87.1 Å². The number of benzene rings is 2. The predicted molar refractivity (Wildman–Crippen MR) is 176 cm³/mol. The van der Waals surface area contributed by atoms with Crippen LogP contribution in [0, 0.1) is 24.0 Å². The fourth-order valence-electron chi connectivity index (χ4n) is 8.84. The number of hydrogen-bond acceptors (Lipinski definition) is 9. The summed E-state index contributed by atoms with van der Waals surface area (Å²) in [5.41, 5.74) is -0.801. The lowest BCUT2D eigenvalue weighted by atomic mass is 9.95. The molecule has 0 saturated carbocycles. The van der Waals surface area contributed by atoms with Gasteiger partial charge in [-0.2, -0.15) is 9.97 Å². The Balaban J connectivity index is 1.28. The number of piperazine rings is 1. The Morgan fingerprint density at radius 3 is 2.79 bits per heavy atom. The highest BCUT2D eigenvalue weighted by Crippen LogP contribution is 2.44. The molecule has 2 aromatic carbocycles. The van der Waals surface area contributed by atoms with Crippen LogP contribution in [0.25, 0.3) is 32.9 Å². The largest absolute Gasteiger partial charge is 0.508 e. The SMILES string of the molecule is C#Cc1c(F)ccc2cc(O)cc(-c3ncc4c(N5CC6CCC(COC)(C5)N6C)nc(OC[C@@]56CCCN5C[C@H](F)C6)nc4c3F)c12. The molecule has 2 unspecified atom stereocenters. The molecule has 8 rings (SSSR count). The zero-order chi connectivity index (χ0) is 33.4. The Morgan fingerprint density at radius 2 is 1.98 bits per heavy atom. The van der Waals surface area contributed by atoms with E-state index in [9.17, 15) is 13.9 Å². The number of ether oxygens (including phenoxy) is 2. The number of phenolic OH excluding ortho intramolecular Hbond substituents is 1. The maximum Gasteiger partial charge on any atom is 0.319 e. The molecule has 48 heavy (non-hydrogen) atoms. The van der Waals surface area contributed by atoms with Gasteiger partial charge in [0.25, 0.3) is 0 Å². The van der Waals surface area contributed by atoms with Crippen LogP contribution in [0.4, 0.5) is 19.0 Å². The van der Waals surface area contributed by atoms with Crippen molar-refractivity contribution < 1.29 is 27.8 Å². The third-order valence-corrected chi connectivity index (χ3v) is 11.2. The third kappa shape index (κ3) is 4.77. The highest BCUT2D eigenvalue weighted by molar-refractivity contribution is 6.03. The summed E-state index contributed by atoms with van der Waals surface area (Å²) in [5.74, 6) is 1.29. The standard InChI is InChI=1S/C36H37F3N6O3/c1-4-25-28(38)7-6-21-12-24(46)13-26(29(21)25)31-30(39)32-27(15-40-31)33(44-17-23-8-10-36(18-44,19-47-3)43(23)2)42-34(41-32)48-20-35-9-5-11-45(35)16-22(37)14-35/h1,6-7,12-13,15,22-23,46H,5,8-11,14,16-20H2,2-3H3/t22-,23?,35+,36?/m1/s1. The Morgan fingerprint density at radius 1 is 1.12 bits per heavy atom. The summed E-state index contributed by atoms with van der Waals surface area (Å²) in [6, 6.07) is 5.69. The molecule has 1 N–H and O–H groups in total. The number of methoxy groups -OCH3 is 1. The van der Waals surface area contributed by atoms with Crippen molar-refractivity contribution in [3.8, 4) is 35.4 Å². The van der Waals surface area contributed by atoms with Gasteiger partial charge in [0.05, 0.1) is 28.6 Å². The van der Waals surface area contributed by atoms with Gasteiger partial charge in [-0.05, 0) is 62.9 Å². The van der Waals surface area contributed by atoms with Gasteiger partial charge in [-0.1, -0.05) is 12.0 Å². The molecule has 0 radical (unpaired) electrons. The number of halogens is 3. The molecule has 2 aromatic heterocycles. The molecule has 4 aliphatic rings. The Bertz CT molecular complexity index is 1990. The van der Waals surface area contributed by atoms with E-state index in [1.54, 1.807) is 7.11 Å². The zero-order valence-electron chi connectivity index (χ0n) is 27.0. The highest BCUT2D eigenvalue weighted by atomic mass is 19.1. The second-order valence-corrected chi connectivity index (χ2v) is 13.9. The summed E-state index contributed by atoms with van der Waals surface area (Å²) < 4.78 is 58.4. The number of alkyl halides is 1. The van der Waals surface area contributed by atoms with Crippen molar-refractivity contribution >= 4 is 27.5 Å². The Labute approximate surface area is 276 Å². The molecule has 6 heterocycles. The first kappa shape index (κ1) is 31.1. The number of rotatable bonds is 7. The van der Waals surface area contributed by atoms with Crippen molar-refractivity contribution in [1.29, 1.82) is 0 Å². The van der Waals surface area contributed by atoms with E-state index < -0.39 is 23.3 Å². The molecular weight excluding hydrogens is 621 g/mol. The molecule has 2 bridgehead atoms. The van der Waals surface area contributed by atoms with Gasteiger partial charge in [0.2, 0.25) is 0 Å². The number of phenols is 1. The van der Waals surface area contributed by atoms with Crippen molar-refractivity contribution in [3.63, 3.8) is 0 Å². The second-order valence-electron chi connectivity index (χ2n) is 13.9. The average molecular weight is 659 g/mol. The molecule has 4 atom stereocenters. The normalized spacial score (nSPS) is 27.2. The van der Waals surface area contributed by atoms with Crippen LogP contribution in [0.5, 0.6) is 11.8 Å². The van der Waals surface area contributed by atoms with E-state index in [0.717, 1.165) is 32.2 Å². The van der Waals surface area contributed by atoms with Crippen LogP contribution in [0.15, 0.2) is 30.5 Å². The number of terminal acetylenes is 1. The minimum absolute atomic E-state index is 0.0136. The average Bonchev–Trinajstić information content (AvgIpc) is 3.64.